The van der Waals surface area contributed by atoms with Crippen molar-refractivity contribution in [1.29, 1.82) is 0 Å². The lowest BCUT2D eigenvalue weighted by Crippen LogP contribution is -2.61. The first-order valence-electron chi connectivity index (χ1n) is 11.5. The molecular weight excluding hydrogens is 483 g/mol. The van der Waals surface area contributed by atoms with Crippen LogP contribution in [0.3, 0.4) is 0 Å². The second-order valence-electron chi connectivity index (χ2n) is 12.2. The monoisotopic (exact) mass is 523 g/mol. The van der Waals surface area contributed by atoms with Crippen molar-refractivity contribution in [1.82, 2.24) is 9.55 Å². The number of nitrogens with zero attached hydrogens (tertiary/aromatic N) is 2. The Morgan fingerprint density at radius 3 is 2.09 bits per heavy atom. The van der Waals surface area contributed by atoms with Crippen LogP contribution in [-0.4, -0.2) is 50.7 Å². The Hall–Kier alpha value is -1.22. The molecule has 1 aromatic heterocycles. The van der Waals surface area contributed by atoms with Crippen LogP contribution in [0.4, 0.5) is 19.0 Å². The van der Waals surface area contributed by atoms with Crippen LogP contribution in [0, 0.1) is 0 Å². The van der Waals surface area contributed by atoms with Crippen LogP contribution in [0.25, 0.3) is 0 Å². The summed E-state index contributed by atoms with van der Waals surface area (Å²) >= 11 is 0. The molecule has 1 fully saturated rings. The van der Waals surface area contributed by atoms with Gasteiger partial charge in [0.2, 0.25) is 5.60 Å². The van der Waals surface area contributed by atoms with Crippen LogP contribution in [0.5, 0.6) is 0 Å². The third-order valence-corrected chi connectivity index (χ3v) is 16.6. The van der Waals surface area contributed by atoms with Gasteiger partial charge in [-0.3, -0.25) is 4.57 Å². The molecule has 0 bridgehead atoms. The topological polar surface area (TPSA) is 88.6 Å². The zero-order chi connectivity index (χ0) is 26.5. The van der Waals surface area contributed by atoms with E-state index in [1.54, 1.807) is 0 Å². The summed E-state index contributed by atoms with van der Waals surface area (Å²) in [6.07, 6.45) is -6.24. The maximum Gasteiger partial charge on any atom is 0.422 e. The van der Waals surface area contributed by atoms with Crippen LogP contribution in [-0.2, 0) is 13.6 Å². The van der Waals surface area contributed by atoms with Gasteiger partial charge in [0.1, 0.15) is 12.0 Å². The van der Waals surface area contributed by atoms with Crippen molar-refractivity contribution in [3.63, 3.8) is 0 Å². The molecule has 7 nitrogen and oxygen atoms in total. The molecule has 196 valence electrons. The number of anilines is 1. The number of nitrogens with two attached hydrogens (primary N) is 1. The van der Waals surface area contributed by atoms with E-state index < -0.39 is 53.0 Å². The first kappa shape index (κ1) is 29.0. The highest BCUT2D eigenvalue weighted by atomic mass is 28.4. The SMILES string of the molecule is CC(C)(C)[Si](C)(C)OC[C@@]1(C(F)(F)F)O[C@@H](n2ccc(N)nc2=O)CC1O[Si](C)(C)C(C)(C)C. The zero-order valence-corrected chi connectivity index (χ0v) is 24.0. The van der Waals surface area contributed by atoms with E-state index in [4.69, 9.17) is 19.3 Å². The molecule has 12 heteroatoms. The highest BCUT2D eigenvalue weighted by Gasteiger charge is 2.68. The van der Waals surface area contributed by atoms with Gasteiger partial charge in [-0.05, 0) is 42.3 Å². The van der Waals surface area contributed by atoms with Crippen LogP contribution in [0.2, 0.25) is 36.3 Å². The van der Waals surface area contributed by atoms with Gasteiger partial charge >= 0.3 is 11.9 Å². The third kappa shape index (κ3) is 5.61. The Balaban J connectivity index is 2.59. The van der Waals surface area contributed by atoms with Gasteiger partial charge in [-0.1, -0.05) is 41.5 Å². The molecule has 0 amide bonds. The van der Waals surface area contributed by atoms with Gasteiger partial charge in [0, 0.05) is 12.6 Å². The third-order valence-electron chi connectivity index (χ3n) is 7.62. The number of rotatable bonds is 6. The van der Waals surface area contributed by atoms with Crippen LogP contribution in [0.15, 0.2) is 17.1 Å². The second-order valence-corrected chi connectivity index (χ2v) is 21.7. The Morgan fingerprint density at radius 1 is 1.12 bits per heavy atom. The average Bonchev–Trinajstić information content (AvgIpc) is 2.96. The number of nitrogen functional groups attached to an aromatic ring is 1. The summed E-state index contributed by atoms with van der Waals surface area (Å²) in [4.78, 5) is 16.1. The predicted molar refractivity (Wildman–Crippen MR) is 132 cm³/mol. The molecule has 0 aliphatic carbocycles. The lowest BCUT2D eigenvalue weighted by Gasteiger charge is -2.45. The van der Waals surface area contributed by atoms with E-state index in [2.05, 4.69) is 4.98 Å². The van der Waals surface area contributed by atoms with Crippen molar-refractivity contribution >= 4 is 22.5 Å². The first-order chi connectivity index (χ1) is 15.0. The number of ether oxygens (including phenoxy) is 1. The Bertz CT molecular complexity index is 939. The van der Waals surface area contributed by atoms with Crippen molar-refractivity contribution < 1.29 is 26.8 Å². The fourth-order valence-corrected chi connectivity index (χ4v) is 5.55. The van der Waals surface area contributed by atoms with Gasteiger partial charge in [-0.25, -0.2) is 4.79 Å². The number of hydrogen-bond acceptors (Lipinski definition) is 6. The van der Waals surface area contributed by atoms with Gasteiger partial charge in [0.25, 0.3) is 0 Å². The van der Waals surface area contributed by atoms with Gasteiger partial charge in [-0.2, -0.15) is 18.2 Å². The van der Waals surface area contributed by atoms with Gasteiger partial charge in [0.15, 0.2) is 16.6 Å². The standard InChI is InChI=1S/C22H40F3N3O4Si2/c1-19(2,3)33(7,8)30-14-21(22(23,24)25)15(32-34(9,10)20(4,5)6)13-17(31-21)28-12-11-16(26)27-18(28)29/h11-12,15,17H,13-14H2,1-10H3,(H2,26,27,29)/t15?,17-,21-/m1/s1. The van der Waals surface area contributed by atoms with E-state index in [1.807, 2.05) is 67.7 Å². The average molecular weight is 524 g/mol. The molecule has 3 atom stereocenters. The smallest absolute Gasteiger partial charge is 0.413 e. The van der Waals surface area contributed by atoms with E-state index in [1.165, 1.54) is 12.3 Å². The molecule has 0 saturated carbocycles. The van der Waals surface area contributed by atoms with Crippen molar-refractivity contribution in [3.8, 4) is 0 Å². The largest absolute Gasteiger partial charge is 0.422 e. The summed E-state index contributed by atoms with van der Waals surface area (Å²) in [6.45, 7) is 18.6. The minimum Gasteiger partial charge on any atom is -0.413 e. The molecule has 1 aliphatic heterocycles. The fraction of sp³-hybridized carbons (Fsp3) is 0.818. The number of hydrogen-bond donors (Lipinski definition) is 1. The van der Waals surface area contributed by atoms with Gasteiger partial charge < -0.3 is 19.3 Å². The normalized spacial score (nSPS) is 25.1. The fourth-order valence-electron chi connectivity index (χ4n) is 3.19. The van der Waals surface area contributed by atoms with Crippen molar-refractivity contribution in [2.24, 2.45) is 0 Å². The molecule has 2 heterocycles. The molecule has 1 saturated heterocycles. The lowest BCUT2D eigenvalue weighted by atomic mass is 9.97. The molecule has 0 spiro atoms. The summed E-state index contributed by atoms with van der Waals surface area (Å²) < 4.78 is 63.9. The number of alkyl halides is 3. The summed E-state index contributed by atoms with van der Waals surface area (Å²) in [5.41, 5.74) is 2.05. The van der Waals surface area contributed by atoms with Gasteiger partial charge in [-0.15, -0.1) is 0 Å². The van der Waals surface area contributed by atoms with Crippen LogP contribution in [0.1, 0.15) is 54.2 Å². The highest BCUT2D eigenvalue weighted by Crippen LogP contribution is 2.51. The highest BCUT2D eigenvalue weighted by molar-refractivity contribution is 6.74. The van der Waals surface area contributed by atoms with Crippen LogP contribution >= 0.6 is 0 Å². The molecule has 34 heavy (non-hydrogen) atoms. The molecule has 2 N–H and O–H groups in total. The van der Waals surface area contributed by atoms with E-state index in [0.29, 0.717) is 0 Å². The van der Waals surface area contributed by atoms with Crippen molar-refractivity contribution in [3.05, 3.63) is 22.7 Å². The molecule has 1 aromatic rings. The Kier molecular flexibility index (Phi) is 7.70. The predicted octanol–water partition coefficient (Wildman–Crippen LogP) is 5.46. The molecule has 1 aliphatic rings. The van der Waals surface area contributed by atoms with E-state index >= 15 is 0 Å². The lowest BCUT2D eigenvalue weighted by molar-refractivity contribution is -0.302. The van der Waals surface area contributed by atoms with E-state index in [9.17, 15) is 18.0 Å². The van der Waals surface area contributed by atoms with E-state index in [-0.39, 0.29) is 22.3 Å². The van der Waals surface area contributed by atoms with Crippen LogP contribution < -0.4 is 11.4 Å². The number of aromatic nitrogens is 2. The minimum atomic E-state index is -4.80. The molecule has 2 rings (SSSR count). The molecule has 0 aromatic carbocycles. The summed E-state index contributed by atoms with van der Waals surface area (Å²) in [7, 11) is -5.21. The Labute approximate surface area is 202 Å². The maximum absolute atomic E-state index is 14.9. The summed E-state index contributed by atoms with van der Waals surface area (Å²) in [5, 5.41) is -0.631. The summed E-state index contributed by atoms with van der Waals surface area (Å²) in [5.74, 6) is -0.0170. The Morgan fingerprint density at radius 2 is 1.65 bits per heavy atom. The zero-order valence-electron chi connectivity index (χ0n) is 22.0. The number of halogens is 3. The minimum absolute atomic E-state index is 0.0170. The van der Waals surface area contributed by atoms with E-state index in [0.717, 1.165) is 4.57 Å². The molecular formula is C22H40F3N3O4Si2. The molecule has 0 radical (unpaired) electrons. The molecule has 1 unspecified atom stereocenters. The summed E-state index contributed by atoms with van der Waals surface area (Å²) in [6, 6.07) is 1.36. The van der Waals surface area contributed by atoms with Crippen molar-refractivity contribution in [2.75, 3.05) is 12.3 Å². The second kappa shape index (κ2) is 9.02. The quantitative estimate of drug-likeness (QED) is 0.498. The van der Waals surface area contributed by atoms with Gasteiger partial charge in [0.05, 0.1) is 12.7 Å². The van der Waals surface area contributed by atoms with Crippen molar-refractivity contribution in [2.45, 2.75) is 108 Å². The first-order valence-corrected chi connectivity index (χ1v) is 17.3. The maximum atomic E-state index is 14.9.